The van der Waals surface area contributed by atoms with Crippen molar-refractivity contribution in [3.05, 3.63) is 17.5 Å². The Morgan fingerprint density at radius 3 is 2.65 bits per heavy atom. The fourth-order valence-corrected chi connectivity index (χ4v) is 3.53. The monoisotopic (exact) mass is 322 g/mol. The fraction of sp³-hybridized carbons (Fsp3) is 0.400. The highest BCUT2D eigenvalue weighted by Crippen LogP contribution is 2.19. The van der Waals surface area contributed by atoms with E-state index >= 15 is 0 Å². The molecule has 1 heterocycles. The van der Waals surface area contributed by atoms with Gasteiger partial charge in [0.2, 0.25) is 5.91 Å². The SMILES string of the molecule is CN(CC(=O)NCC(O)C(=O)O)S(=O)(=O)c1cccs1. The molecule has 3 N–H and O–H groups in total. The van der Waals surface area contributed by atoms with E-state index in [1.165, 1.54) is 13.1 Å². The van der Waals surface area contributed by atoms with Crippen LogP contribution >= 0.6 is 11.3 Å². The Hall–Kier alpha value is -1.49. The second-order valence-electron chi connectivity index (χ2n) is 3.85. The predicted octanol–water partition coefficient (Wildman–Crippen LogP) is -1.07. The number of nitrogens with one attached hydrogen (secondary N) is 1. The number of hydrogen-bond acceptors (Lipinski definition) is 6. The third-order valence-electron chi connectivity index (χ3n) is 2.30. The van der Waals surface area contributed by atoms with Gasteiger partial charge in [-0.3, -0.25) is 4.79 Å². The number of carbonyl (C=O) groups excluding carboxylic acids is 1. The predicted molar refractivity (Wildman–Crippen MR) is 70.8 cm³/mol. The lowest BCUT2D eigenvalue weighted by Gasteiger charge is -2.16. The number of carboxylic acid groups (broad SMARTS) is 1. The van der Waals surface area contributed by atoms with Crippen LogP contribution in [-0.2, 0) is 19.6 Å². The summed E-state index contributed by atoms with van der Waals surface area (Å²) in [6, 6.07) is 3.00. The molecule has 20 heavy (non-hydrogen) atoms. The lowest BCUT2D eigenvalue weighted by atomic mass is 10.3. The quantitative estimate of drug-likeness (QED) is 0.587. The number of amides is 1. The molecule has 0 aliphatic carbocycles. The van der Waals surface area contributed by atoms with Gasteiger partial charge in [0, 0.05) is 7.05 Å². The standard InChI is InChI=1S/C10H14N2O6S2/c1-12(20(17,18)9-3-2-4-19-9)6-8(14)11-5-7(13)10(15)16/h2-4,7,13H,5-6H2,1H3,(H,11,14)(H,15,16). The van der Waals surface area contributed by atoms with E-state index in [4.69, 9.17) is 10.2 Å². The number of carboxylic acids is 1. The normalized spacial score (nSPS) is 13.2. The van der Waals surface area contributed by atoms with Crippen LogP contribution in [0.2, 0.25) is 0 Å². The smallest absolute Gasteiger partial charge is 0.334 e. The van der Waals surface area contributed by atoms with Gasteiger partial charge in [-0.25, -0.2) is 13.2 Å². The lowest BCUT2D eigenvalue weighted by molar-refractivity contribution is -0.146. The molecule has 1 aromatic heterocycles. The first-order chi connectivity index (χ1) is 9.25. The minimum Gasteiger partial charge on any atom is -0.479 e. The van der Waals surface area contributed by atoms with Crippen LogP contribution < -0.4 is 5.32 Å². The summed E-state index contributed by atoms with van der Waals surface area (Å²) in [5, 5.41) is 21.1. The zero-order valence-electron chi connectivity index (χ0n) is 10.5. The van der Waals surface area contributed by atoms with Crippen molar-refractivity contribution >= 4 is 33.2 Å². The van der Waals surface area contributed by atoms with Gasteiger partial charge in [-0.15, -0.1) is 11.3 Å². The summed E-state index contributed by atoms with van der Waals surface area (Å²) in [5.41, 5.74) is 0. The van der Waals surface area contributed by atoms with Crippen LogP contribution in [0, 0.1) is 0 Å². The highest BCUT2D eigenvalue weighted by molar-refractivity contribution is 7.91. The Morgan fingerprint density at radius 1 is 1.50 bits per heavy atom. The first-order valence-corrected chi connectivity index (χ1v) is 7.74. The third kappa shape index (κ3) is 4.27. The first kappa shape index (κ1) is 16.6. The molecule has 0 saturated heterocycles. The van der Waals surface area contributed by atoms with Gasteiger partial charge >= 0.3 is 5.97 Å². The van der Waals surface area contributed by atoms with Crippen LogP contribution in [0.15, 0.2) is 21.7 Å². The highest BCUT2D eigenvalue weighted by Gasteiger charge is 2.24. The zero-order valence-corrected chi connectivity index (χ0v) is 12.1. The van der Waals surface area contributed by atoms with Crippen molar-refractivity contribution in [3.63, 3.8) is 0 Å². The number of hydrogen-bond donors (Lipinski definition) is 3. The Balaban J connectivity index is 2.56. The minimum atomic E-state index is -3.73. The molecule has 0 bridgehead atoms. The van der Waals surface area contributed by atoms with E-state index < -0.39 is 41.1 Å². The van der Waals surface area contributed by atoms with Crippen LogP contribution in [0.1, 0.15) is 0 Å². The molecule has 112 valence electrons. The summed E-state index contributed by atoms with van der Waals surface area (Å²) in [6.45, 7) is -0.951. The molecule has 0 aromatic carbocycles. The Labute approximate surface area is 119 Å². The van der Waals surface area contributed by atoms with E-state index in [0.717, 1.165) is 15.6 Å². The van der Waals surface area contributed by atoms with Crippen molar-refractivity contribution in [1.29, 1.82) is 0 Å². The van der Waals surface area contributed by atoms with Crippen LogP contribution in [0.25, 0.3) is 0 Å². The van der Waals surface area contributed by atoms with Crippen molar-refractivity contribution in [2.45, 2.75) is 10.3 Å². The topological polar surface area (TPSA) is 124 Å². The Morgan fingerprint density at radius 2 is 2.15 bits per heavy atom. The summed E-state index contributed by atoms with van der Waals surface area (Å²) < 4.78 is 24.9. The van der Waals surface area contributed by atoms with Crippen LogP contribution in [0.3, 0.4) is 0 Å². The van der Waals surface area contributed by atoms with Gasteiger partial charge in [0.25, 0.3) is 10.0 Å². The summed E-state index contributed by atoms with van der Waals surface area (Å²) >= 11 is 1.03. The molecule has 0 aliphatic heterocycles. The maximum absolute atomic E-state index is 12.0. The van der Waals surface area contributed by atoms with Crippen LogP contribution in [0.4, 0.5) is 0 Å². The molecule has 0 spiro atoms. The van der Waals surface area contributed by atoms with Crippen LogP contribution in [-0.4, -0.2) is 61.1 Å². The van der Waals surface area contributed by atoms with E-state index in [2.05, 4.69) is 5.32 Å². The highest BCUT2D eigenvalue weighted by atomic mass is 32.2. The molecule has 1 amide bonds. The van der Waals surface area contributed by atoms with E-state index in [1.54, 1.807) is 11.4 Å². The van der Waals surface area contributed by atoms with Gasteiger partial charge < -0.3 is 15.5 Å². The van der Waals surface area contributed by atoms with Crippen molar-refractivity contribution in [1.82, 2.24) is 9.62 Å². The number of thiophene rings is 1. The lowest BCUT2D eigenvalue weighted by Crippen LogP contribution is -2.42. The van der Waals surface area contributed by atoms with E-state index in [0.29, 0.717) is 0 Å². The molecule has 1 atom stereocenters. The summed E-state index contributed by atoms with van der Waals surface area (Å²) in [5.74, 6) is -2.17. The number of nitrogens with zero attached hydrogens (tertiary/aromatic N) is 1. The third-order valence-corrected chi connectivity index (χ3v) is 5.48. The number of sulfonamides is 1. The number of carbonyl (C=O) groups is 2. The average Bonchev–Trinajstić information content (AvgIpc) is 2.89. The average molecular weight is 322 g/mol. The number of likely N-dealkylation sites (N-methyl/N-ethyl adjacent to an activating group) is 1. The molecule has 10 heteroatoms. The first-order valence-electron chi connectivity index (χ1n) is 5.42. The number of aliphatic hydroxyl groups is 1. The van der Waals surface area contributed by atoms with Gasteiger partial charge in [0.15, 0.2) is 6.10 Å². The molecule has 0 saturated carbocycles. The summed E-state index contributed by atoms with van der Waals surface area (Å²) in [4.78, 5) is 21.8. The molecular weight excluding hydrogens is 308 g/mol. The van der Waals surface area contributed by atoms with Gasteiger partial charge in [0.05, 0.1) is 13.1 Å². The largest absolute Gasteiger partial charge is 0.479 e. The van der Waals surface area contributed by atoms with Gasteiger partial charge in [-0.2, -0.15) is 4.31 Å². The van der Waals surface area contributed by atoms with E-state index in [9.17, 15) is 18.0 Å². The number of aliphatic carboxylic acids is 1. The van der Waals surface area contributed by atoms with E-state index in [1.807, 2.05) is 0 Å². The number of rotatable bonds is 7. The Kier molecular flexibility index (Phi) is 5.62. The Bertz CT molecular complexity index is 569. The molecule has 0 aliphatic rings. The summed E-state index contributed by atoms with van der Waals surface area (Å²) in [6.07, 6.45) is -1.72. The zero-order chi connectivity index (χ0) is 15.3. The van der Waals surface area contributed by atoms with Gasteiger partial charge in [-0.05, 0) is 11.4 Å². The summed E-state index contributed by atoms with van der Waals surface area (Å²) in [7, 11) is -2.50. The maximum Gasteiger partial charge on any atom is 0.334 e. The van der Waals surface area contributed by atoms with E-state index in [-0.39, 0.29) is 4.21 Å². The van der Waals surface area contributed by atoms with Gasteiger partial charge in [0.1, 0.15) is 4.21 Å². The molecule has 0 radical (unpaired) electrons. The van der Waals surface area contributed by atoms with Crippen molar-refractivity contribution in [2.75, 3.05) is 20.1 Å². The van der Waals surface area contributed by atoms with Gasteiger partial charge in [-0.1, -0.05) is 6.07 Å². The fourth-order valence-electron chi connectivity index (χ4n) is 1.20. The molecular formula is C10H14N2O6S2. The number of aliphatic hydroxyl groups excluding tert-OH is 1. The maximum atomic E-state index is 12.0. The molecule has 1 unspecified atom stereocenters. The van der Waals surface area contributed by atoms with Crippen LogP contribution in [0.5, 0.6) is 0 Å². The molecule has 8 nitrogen and oxygen atoms in total. The van der Waals surface area contributed by atoms with Crippen molar-refractivity contribution in [3.8, 4) is 0 Å². The van der Waals surface area contributed by atoms with Crippen molar-refractivity contribution in [2.24, 2.45) is 0 Å². The minimum absolute atomic E-state index is 0.110. The second-order valence-corrected chi connectivity index (χ2v) is 7.07. The second kappa shape index (κ2) is 6.79. The molecule has 1 aromatic rings. The molecule has 0 fully saturated rings. The molecule has 1 rings (SSSR count). The van der Waals surface area contributed by atoms with Crippen molar-refractivity contribution < 1.29 is 28.2 Å².